The van der Waals surface area contributed by atoms with Crippen LogP contribution in [-0.2, 0) is 22.7 Å². The molecule has 4 amide bonds. The standard InChI is InChI=1S/C21H29FN4O3/c1-25(2)14-16-12-15(7-8-17(16)22)13-23-18(27)6-5-11-26-19(28)21(24-20(26)29)9-3-4-10-21/h7-8,12H,3-6,9-11,13-14H2,1-2H3,(H,23,27)(H,24,29). The lowest BCUT2D eigenvalue weighted by atomic mass is 9.98. The highest BCUT2D eigenvalue weighted by atomic mass is 19.1. The zero-order valence-corrected chi connectivity index (χ0v) is 17.1. The number of carbonyl (C=O) groups excluding carboxylic acids is 3. The predicted molar refractivity (Wildman–Crippen MR) is 106 cm³/mol. The first-order chi connectivity index (χ1) is 13.8. The lowest BCUT2D eigenvalue weighted by Crippen LogP contribution is -2.44. The van der Waals surface area contributed by atoms with E-state index >= 15 is 0 Å². The Morgan fingerprint density at radius 1 is 1.28 bits per heavy atom. The summed E-state index contributed by atoms with van der Waals surface area (Å²) in [5.74, 6) is -0.575. The molecule has 1 aromatic rings. The van der Waals surface area contributed by atoms with Crippen LogP contribution in [0.5, 0.6) is 0 Å². The fraction of sp³-hybridized carbons (Fsp3) is 0.571. The maximum atomic E-state index is 13.8. The molecule has 1 saturated heterocycles. The van der Waals surface area contributed by atoms with Gasteiger partial charge in [-0.25, -0.2) is 9.18 Å². The van der Waals surface area contributed by atoms with Crippen LogP contribution in [0.25, 0.3) is 0 Å². The lowest BCUT2D eigenvalue weighted by Gasteiger charge is -2.19. The second-order valence-corrected chi connectivity index (χ2v) is 8.22. The summed E-state index contributed by atoms with van der Waals surface area (Å²) in [7, 11) is 3.74. The van der Waals surface area contributed by atoms with Gasteiger partial charge in [-0.05, 0) is 51.1 Å². The van der Waals surface area contributed by atoms with Crippen molar-refractivity contribution in [1.29, 1.82) is 0 Å². The van der Waals surface area contributed by atoms with E-state index in [0.29, 0.717) is 37.9 Å². The number of carbonyl (C=O) groups is 3. The van der Waals surface area contributed by atoms with E-state index in [-0.39, 0.29) is 36.6 Å². The average molecular weight is 404 g/mol. The van der Waals surface area contributed by atoms with E-state index in [1.54, 1.807) is 12.1 Å². The highest BCUT2D eigenvalue weighted by Gasteiger charge is 2.51. The van der Waals surface area contributed by atoms with Crippen LogP contribution in [0.1, 0.15) is 49.7 Å². The van der Waals surface area contributed by atoms with Gasteiger partial charge in [-0.15, -0.1) is 0 Å². The molecule has 158 valence electrons. The molecular formula is C21H29FN4O3. The fourth-order valence-electron chi connectivity index (χ4n) is 4.08. The molecule has 3 rings (SSSR count). The molecule has 0 atom stereocenters. The van der Waals surface area contributed by atoms with Crippen LogP contribution in [0, 0.1) is 5.82 Å². The third-order valence-corrected chi connectivity index (χ3v) is 5.57. The summed E-state index contributed by atoms with van der Waals surface area (Å²) >= 11 is 0. The Kier molecular flexibility index (Phi) is 6.52. The van der Waals surface area contributed by atoms with Gasteiger partial charge in [0.2, 0.25) is 5.91 Å². The lowest BCUT2D eigenvalue weighted by molar-refractivity contribution is -0.131. The molecule has 1 spiro atoms. The van der Waals surface area contributed by atoms with Gasteiger partial charge >= 0.3 is 6.03 Å². The number of halogens is 1. The largest absolute Gasteiger partial charge is 0.352 e. The number of hydrogen-bond donors (Lipinski definition) is 2. The molecule has 0 bridgehead atoms. The SMILES string of the molecule is CN(C)Cc1cc(CNC(=O)CCCN2C(=O)NC3(CCCC3)C2=O)ccc1F. The zero-order chi connectivity index (χ0) is 21.0. The number of rotatable bonds is 8. The van der Waals surface area contributed by atoms with Crippen LogP contribution < -0.4 is 10.6 Å². The Hall–Kier alpha value is -2.48. The highest BCUT2D eigenvalue weighted by molar-refractivity contribution is 6.07. The van der Waals surface area contributed by atoms with Crippen molar-refractivity contribution in [3.05, 3.63) is 35.1 Å². The van der Waals surface area contributed by atoms with Gasteiger partial charge in [-0.3, -0.25) is 14.5 Å². The minimum Gasteiger partial charge on any atom is -0.352 e. The van der Waals surface area contributed by atoms with Gasteiger partial charge in [0.15, 0.2) is 0 Å². The third-order valence-electron chi connectivity index (χ3n) is 5.57. The van der Waals surface area contributed by atoms with E-state index < -0.39 is 5.54 Å². The normalized spacial score (nSPS) is 18.0. The van der Waals surface area contributed by atoms with Crippen LogP contribution in [-0.4, -0.2) is 53.8 Å². The molecule has 1 aliphatic carbocycles. The van der Waals surface area contributed by atoms with Crippen LogP contribution >= 0.6 is 0 Å². The molecule has 8 heteroatoms. The van der Waals surface area contributed by atoms with Gasteiger partial charge in [-0.2, -0.15) is 0 Å². The summed E-state index contributed by atoms with van der Waals surface area (Å²) in [5.41, 5.74) is 0.710. The van der Waals surface area contributed by atoms with E-state index in [1.165, 1.54) is 11.0 Å². The van der Waals surface area contributed by atoms with Crippen molar-refractivity contribution in [2.75, 3.05) is 20.6 Å². The minimum atomic E-state index is -0.702. The topological polar surface area (TPSA) is 81.8 Å². The summed E-state index contributed by atoms with van der Waals surface area (Å²) in [5, 5.41) is 5.66. The summed E-state index contributed by atoms with van der Waals surface area (Å²) in [4.78, 5) is 40.0. The van der Waals surface area contributed by atoms with Crippen LogP contribution in [0.2, 0.25) is 0 Å². The van der Waals surface area contributed by atoms with Crippen molar-refractivity contribution in [2.24, 2.45) is 0 Å². The molecule has 0 aromatic heterocycles. The summed E-state index contributed by atoms with van der Waals surface area (Å²) < 4.78 is 13.8. The highest BCUT2D eigenvalue weighted by Crippen LogP contribution is 2.35. The van der Waals surface area contributed by atoms with Crippen molar-refractivity contribution in [3.8, 4) is 0 Å². The monoisotopic (exact) mass is 404 g/mol. The Morgan fingerprint density at radius 2 is 2.00 bits per heavy atom. The van der Waals surface area contributed by atoms with Gasteiger partial charge in [0, 0.05) is 31.6 Å². The number of benzene rings is 1. The predicted octanol–water partition coefficient (Wildman–Crippen LogP) is 2.15. The molecule has 1 saturated carbocycles. The molecule has 0 unspecified atom stereocenters. The smallest absolute Gasteiger partial charge is 0.325 e. The molecule has 1 aromatic carbocycles. The van der Waals surface area contributed by atoms with E-state index in [9.17, 15) is 18.8 Å². The summed E-state index contributed by atoms with van der Waals surface area (Å²) in [6.45, 7) is 1.04. The van der Waals surface area contributed by atoms with Crippen LogP contribution in [0.3, 0.4) is 0 Å². The quantitative estimate of drug-likeness (QED) is 0.651. The Balaban J connectivity index is 1.44. The van der Waals surface area contributed by atoms with Crippen molar-refractivity contribution >= 4 is 17.8 Å². The Labute approximate surface area is 170 Å². The van der Waals surface area contributed by atoms with Gasteiger partial charge < -0.3 is 15.5 Å². The van der Waals surface area contributed by atoms with Crippen molar-refractivity contribution in [1.82, 2.24) is 20.4 Å². The van der Waals surface area contributed by atoms with Crippen LogP contribution in [0.15, 0.2) is 18.2 Å². The Bertz CT molecular complexity index is 790. The number of amides is 4. The number of imide groups is 1. The first-order valence-corrected chi connectivity index (χ1v) is 10.1. The van der Waals surface area contributed by atoms with E-state index in [2.05, 4.69) is 10.6 Å². The van der Waals surface area contributed by atoms with Gasteiger partial charge in [0.1, 0.15) is 11.4 Å². The molecule has 1 heterocycles. The van der Waals surface area contributed by atoms with E-state index in [0.717, 1.165) is 18.4 Å². The number of nitrogens with one attached hydrogen (secondary N) is 2. The van der Waals surface area contributed by atoms with Crippen LogP contribution in [0.4, 0.5) is 9.18 Å². The molecule has 7 nitrogen and oxygen atoms in total. The number of nitrogens with zero attached hydrogens (tertiary/aromatic N) is 2. The number of urea groups is 1. The first-order valence-electron chi connectivity index (χ1n) is 10.1. The zero-order valence-electron chi connectivity index (χ0n) is 17.1. The molecule has 29 heavy (non-hydrogen) atoms. The molecule has 2 aliphatic rings. The second-order valence-electron chi connectivity index (χ2n) is 8.22. The summed E-state index contributed by atoms with van der Waals surface area (Å²) in [6, 6.07) is 4.47. The molecule has 2 fully saturated rings. The molecule has 2 N–H and O–H groups in total. The van der Waals surface area contributed by atoms with Crippen molar-refractivity contribution in [3.63, 3.8) is 0 Å². The Morgan fingerprint density at radius 3 is 2.69 bits per heavy atom. The third kappa shape index (κ3) is 4.93. The summed E-state index contributed by atoms with van der Waals surface area (Å²) in [6.07, 6.45) is 3.92. The maximum Gasteiger partial charge on any atom is 0.325 e. The van der Waals surface area contributed by atoms with Gasteiger partial charge in [0.05, 0.1) is 0 Å². The minimum absolute atomic E-state index is 0.153. The molecule has 0 radical (unpaired) electrons. The van der Waals surface area contributed by atoms with E-state index in [1.807, 2.05) is 19.0 Å². The van der Waals surface area contributed by atoms with E-state index in [4.69, 9.17) is 0 Å². The van der Waals surface area contributed by atoms with Crippen molar-refractivity contribution < 1.29 is 18.8 Å². The second kappa shape index (κ2) is 8.90. The molecule has 1 aliphatic heterocycles. The maximum absolute atomic E-state index is 13.8. The fourth-order valence-corrected chi connectivity index (χ4v) is 4.08. The van der Waals surface area contributed by atoms with Crippen molar-refractivity contribution in [2.45, 2.75) is 57.2 Å². The number of hydrogen-bond acceptors (Lipinski definition) is 4. The average Bonchev–Trinajstić information content (AvgIpc) is 3.22. The molecular weight excluding hydrogens is 375 g/mol. The van der Waals surface area contributed by atoms with Gasteiger partial charge in [-0.1, -0.05) is 18.9 Å². The first kappa shape index (κ1) is 21.2. The van der Waals surface area contributed by atoms with Gasteiger partial charge in [0.25, 0.3) is 5.91 Å².